The highest BCUT2D eigenvalue weighted by atomic mass is 19.4. The number of hydrogen-bond acceptors (Lipinski definition) is 6. The second-order valence-electron chi connectivity index (χ2n) is 8.17. The molecule has 4 rings (SSSR count). The van der Waals surface area contributed by atoms with Crippen molar-refractivity contribution >= 4 is 17.4 Å². The summed E-state index contributed by atoms with van der Waals surface area (Å²) in [7, 11) is 0. The summed E-state index contributed by atoms with van der Waals surface area (Å²) in [6, 6.07) is 12.6. The number of alkyl halides is 3. The second-order valence-corrected chi connectivity index (χ2v) is 8.17. The Hall–Kier alpha value is -4.78. The first kappa shape index (κ1) is 27.3. The van der Waals surface area contributed by atoms with Crippen molar-refractivity contribution in [3.05, 3.63) is 106 Å². The van der Waals surface area contributed by atoms with Gasteiger partial charge in [-0.15, -0.1) is 0 Å². The van der Waals surface area contributed by atoms with Crippen LogP contribution in [0.5, 0.6) is 11.5 Å². The van der Waals surface area contributed by atoms with E-state index in [9.17, 15) is 31.5 Å². The van der Waals surface area contributed by atoms with Crippen LogP contribution >= 0.6 is 0 Å². The fourth-order valence-corrected chi connectivity index (χ4v) is 3.54. The van der Waals surface area contributed by atoms with E-state index in [0.29, 0.717) is 5.69 Å². The highest BCUT2D eigenvalue weighted by Crippen LogP contribution is 2.31. The van der Waals surface area contributed by atoms with Crippen LogP contribution in [0.3, 0.4) is 0 Å². The molecule has 39 heavy (non-hydrogen) atoms. The first-order chi connectivity index (χ1) is 18.5. The molecule has 4 aromatic rings. The van der Waals surface area contributed by atoms with Crippen LogP contribution in [0.25, 0.3) is 5.69 Å². The van der Waals surface area contributed by atoms with Gasteiger partial charge < -0.3 is 21.1 Å². The van der Waals surface area contributed by atoms with Crippen LogP contribution in [0.2, 0.25) is 0 Å². The molecule has 13 heteroatoms. The fourth-order valence-electron chi connectivity index (χ4n) is 3.54. The normalized spacial score (nSPS) is 11.3. The molecule has 0 aliphatic heterocycles. The zero-order chi connectivity index (χ0) is 28.2. The number of nitrogen functional groups attached to an aromatic ring is 1. The average Bonchev–Trinajstić information content (AvgIpc) is 2.87. The number of rotatable bonds is 8. The van der Waals surface area contributed by atoms with Crippen molar-refractivity contribution in [1.82, 2.24) is 14.9 Å². The van der Waals surface area contributed by atoms with Crippen LogP contribution in [-0.4, -0.2) is 28.2 Å². The maximum Gasteiger partial charge on any atom is 0.401 e. The van der Waals surface area contributed by atoms with Crippen molar-refractivity contribution in [2.45, 2.75) is 12.7 Å². The number of pyridine rings is 2. The zero-order valence-electron chi connectivity index (χ0n) is 19.9. The van der Waals surface area contributed by atoms with Crippen molar-refractivity contribution in [2.75, 3.05) is 17.6 Å². The van der Waals surface area contributed by atoms with E-state index in [1.807, 2.05) is 0 Å². The largest absolute Gasteiger partial charge is 0.454 e. The summed E-state index contributed by atoms with van der Waals surface area (Å²) in [5.41, 5.74) is 5.29. The summed E-state index contributed by atoms with van der Waals surface area (Å²) in [5, 5.41) is 4.61. The number of carbonyl (C=O) groups is 1. The molecule has 4 N–H and O–H groups in total. The third-order valence-corrected chi connectivity index (χ3v) is 5.38. The van der Waals surface area contributed by atoms with Gasteiger partial charge in [-0.05, 0) is 54.6 Å². The van der Waals surface area contributed by atoms with Crippen LogP contribution in [0.15, 0.2) is 77.9 Å². The molecule has 0 aliphatic rings. The minimum Gasteiger partial charge on any atom is -0.454 e. The Morgan fingerprint density at radius 1 is 1.03 bits per heavy atom. The number of halogens is 5. The lowest BCUT2D eigenvalue weighted by Crippen LogP contribution is -2.28. The van der Waals surface area contributed by atoms with E-state index in [4.69, 9.17) is 10.5 Å². The average molecular weight is 545 g/mol. The van der Waals surface area contributed by atoms with Gasteiger partial charge in [-0.2, -0.15) is 13.2 Å². The number of hydrogen-bond donors (Lipinski definition) is 3. The van der Waals surface area contributed by atoms with Gasteiger partial charge in [0.25, 0.3) is 11.5 Å². The summed E-state index contributed by atoms with van der Waals surface area (Å²) in [6.07, 6.45) is -1.78. The molecule has 2 aromatic heterocycles. The van der Waals surface area contributed by atoms with Gasteiger partial charge >= 0.3 is 6.18 Å². The first-order valence-electron chi connectivity index (χ1n) is 11.3. The Kier molecular flexibility index (Phi) is 7.91. The Morgan fingerprint density at radius 2 is 1.77 bits per heavy atom. The van der Waals surface area contributed by atoms with Crippen LogP contribution in [0.4, 0.5) is 33.5 Å². The van der Waals surface area contributed by atoms with Gasteiger partial charge in [-0.25, -0.2) is 13.8 Å². The highest BCUT2D eigenvalue weighted by molar-refractivity contribution is 6.04. The van der Waals surface area contributed by atoms with Gasteiger partial charge in [0.15, 0.2) is 11.6 Å². The molecule has 202 valence electrons. The SMILES string of the molecule is Nc1nccc(Oc2ccc(NC(=O)c3cccn(-c4ccc(F)cc4)c3=O)cc2F)c1CNCC(F)(F)F. The van der Waals surface area contributed by atoms with Gasteiger partial charge in [0.1, 0.15) is 22.9 Å². The minimum absolute atomic E-state index is 0.00254. The third-order valence-electron chi connectivity index (χ3n) is 5.38. The quantitative estimate of drug-likeness (QED) is 0.275. The number of aromatic nitrogens is 2. The molecule has 2 aromatic carbocycles. The number of ether oxygens (including phenoxy) is 1. The summed E-state index contributed by atoms with van der Waals surface area (Å²) >= 11 is 0. The standard InChI is InChI=1S/C26H20F5N5O3/c27-15-3-6-17(7-4-15)36-11-1-2-18(25(36)38)24(37)35-16-5-8-22(20(28)12-16)39-21-9-10-34-23(32)19(21)13-33-14-26(29,30)31/h1-12,33H,13-14H2,(H2,32,34)(H,35,37). The number of anilines is 2. The van der Waals surface area contributed by atoms with E-state index in [1.54, 1.807) is 0 Å². The molecule has 0 saturated carbocycles. The monoisotopic (exact) mass is 545 g/mol. The fraction of sp³-hybridized carbons (Fsp3) is 0.115. The van der Waals surface area contributed by atoms with Crippen molar-refractivity contribution in [3.8, 4) is 17.2 Å². The second kappa shape index (κ2) is 11.3. The first-order valence-corrected chi connectivity index (χ1v) is 11.3. The molecule has 0 bridgehead atoms. The number of nitrogens with one attached hydrogen (secondary N) is 2. The molecule has 0 unspecified atom stereocenters. The lowest BCUT2D eigenvalue weighted by atomic mass is 10.2. The molecule has 0 atom stereocenters. The summed E-state index contributed by atoms with van der Waals surface area (Å²) < 4.78 is 72.2. The molecule has 0 radical (unpaired) electrons. The van der Waals surface area contributed by atoms with Crippen molar-refractivity contribution in [1.29, 1.82) is 0 Å². The molecule has 8 nitrogen and oxygen atoms in total. The Labute approximate surface area is 217 Å². The van der Waals surface area contributed by atoms with Crippen molar-refractivity contribution < 1.29 is 31.5 Å². The summed E-state index contributed by atoms with van der Waals surface area (Å²) in [5.74, 6) is -2.62. The van der Waals surface area contributed by atoms with Gasteiger partial charge in [0, 0.05) is 36.4 Å². The molecular formula is C26H20F5N5O3. The predicted molar refractivity (Wildman–Crippen MR) is 133 cm³/mol. The van der Waals surface area contributed by atoms with E-state index < -0.39 is 35.8 Å². The van der Waals surface area contributed by atoms with E-state index >= 15 is 0 Å². The van der Waals surface area contributed by atoms with Crippen LogP contribution < -0.4 is 26.7 Å². The molecule has 0 saturated heterocycles. The Balaban J connectivity index is 1.50. The molecular weight excluding hydrogens is 525 g/mol. The topological polar surface area (TPSA) is 111 Å². The molecule has 2 heterocycles. The lowest BCUT2D eigenvalue weighted by molar-refractivity contribution is -0.125. The minimum atomic E-state index is -4.45. The molecule has 0 fully saturated rings. The Bertz CT molecular complexity index is 1560. The summed E-state index contributed by atoms with van der Waals surface area (Å²) in [6.45, 7) is -1.61. The van der Waals surface area contributed by atoms with Crippen LogP contribution in [-0.2, 0) is 6.54 Å². The maximum atomic E-state index is 14.8. The number of benzene rings is 2. The van der Waals surface area contributed by atoms with Crippen LogP contribution in [0.1, 0.15) is 15.9 Å². The van der Waals surface area contributed by atoms with E-state index in [1.165, 1.54) is 67.0 Å². The number of amides is 1. The zero-order valence-corrected chi connectivity index (χ0v) is 19.9. The van der Waals surface area contributed by atoms with Gasteiger partial charge in [-0.3, -0.25) is 14.2 Å². The predicted octanol–water partition coefficient (Wildman–Crippen LogP) is 4.79. The van der Waals surface area contributed by atoms with E-state index in [2.05, 4.69) is 15.6 Å². The molecule has 0 spiro atoms. The number of carbonyl (C=O) groups excluding carboxylic acids is 1. The van der Waals surface area contributed by atoms with Gasteiger partial charge in [0.2, 0.25) is 0 Å². The van der Waals surface area contributed by atoms with E-state index in [-0.39, 0.29) is 40.7 Å². The highest BCUT2D eigenvalue weighted by Gasteiger charge is 2.26. The van der Waals surface area contributed by atoms with Crippen molar-refractivity contribution in [3.63, 3.8) is 0 Å². The summed E-state index contributed by atoms with van der Waals surface area (Å²) in [4.78, 5) is 29.4. The Morgan fingerprint density at radius 3 is 2.46 bits per heavy atom. The van der Waals surface area contributed by atoms with Gasteiger partial charge in [0.05, 0.1) is 12.1 Å². The van der Waals surface area contributed by atoms with Gasteiger partial charge in [-0.1, -0.05) is 0 Å². The smallest absolute Gasteiger partial charge is 0.401 e. The van der Waals surface area contributed by atoms with E-state index in [0.717, 1.165) is 10.6 Å². The maximum absolute atomic E-state index is 14.8. The number of nitrogens with zero attached hydrogens (tertiary/aromatic N) is 2. The lowest BCUT2D eigenvalue weighted by Gasteiger charge is -2.15. The molecule has 1 amide bonds. The number of nitrogens with two attached hydrogens (primary N) is 1. The van der Waals surface area contributed by atoms with Crippen LogP contribution in [0, 0.1) is 11.6 Å². The molecule has 0 aliphatic carbocycles. The third kappa shape index (κ3) is 6.76. The van der Waals surface area contributed by atoms with Crippen molar-refractivity contribution in [2.24, 2.45) is 0 Å².